The molecule has 4 saturated heterocycles. The fourth-order valence-corrected chi connectivity index (χ4v) is 6.89. The van der Waals surface area contributed by atoms with Crippen LogP contribution < -0.4 is 5.32 Å². The Morgan fingerprint density at radius 2 is 1.17 bits per heavy atom. The van der Waals surface area contributed by atoms with Gasteiger partial charge in [-0.15, -0.1) is 0 Å². The summed E-state index contributed by atoms with van der Waals surface area (Å²) in [6.07, 6.45) is -8.25. The molecule has 16 heteroatoms. The third kappa shape index (κ3) is 9.76. The number of amides is 1. The number of halogens is 3. The summed E-state index contributed by atoms with van der Waals surface area (Å²) in [5.74, 6) is -3.44. The molecule has 0 unspecified atom stereocenters. The van der Waals surface area contributed by atoms with Crippen molar-refractivity contribution in [3.05, 3.63) is 71.8 Å². The Labute approximate surface area is 317 Å². The van der Waals surface area contributed by atoms with Gasteiger partial charge in [-0.05, 0) is 38.8 Å². The number of hydrogen-bond donors (Lipinski definition) is 1. The monoisotopic (exact) mass is 787 g/mol. The summed E-state index contributed by atoms with van der Waals surface area (Å²) in [4.78, 5) is 24.8. The Hall–Kier alpha value is -2.11. The summed E-state index contributed by atoms with van der Waals surface area (Å²) in [7, 11) is 0. The van der Waals surface area contributed by atoms with Crippen molar-refractivity contribution in [3.8, 4) is 0 Å². The van der Waals surface area contributed by atoms with Crippen LogP contribution in [0.3, 0.4) is 0 Å². The van der Waals surface area contributed by atoms with Crippen LogP contribution in [0.25, 0.3) is 0 Å². The van der Waals surface area contributed by atoms with Gasteiger partial charge in [0.05, 0.1) is 19.8 Å². The van der Waals surface area contributed by atoms with Gasteiger partial charge in [0, 0.05) is 6.92 Å². The molecule has 0 saturated carbocycles. The van der Waals surface area contributed by atoms with Crippen LogP contribution >= 0.6 is 34.8 Å². The molecular formula is C36H44Cl3NO12. The molecule has 2 aromatic carbocycles. The second-order valence-electron chi connectivity index (χ2n) is 13.9. The van der Waals surface area contributed by atoms with Crippen molar-refractivity contribution in [2.75, 3.05) is 13.2 Å². The molecule has 4 aliphatic rings. The zero-order valence-corrected chi connectivity index (χ0v) is 31.7. The number of fused-ring (bicyclic) bond motifs is 2. The summed E-state index contributed by atoms with van der Waals surface area (Å²) >= 11 is 17.9. The first-order chi connectivity index (χ1) is 24.6. The minimum atomic E-state index is -2.29. The first-order valence-electron chi connectivity index (χ1n) is 17.0. The van der Waals surface area contributed by atoms with E-state index in [-0.39, 0.29) is 26.4 Å². The molecule has 0 bridgehead atoms. The highest BCUT2D eigenvalue weighted by Crippen LogP contribution is 2.42. The summed E-state index contributed by atoms with van der Waals surface area (Å²) in [6, 6.07) is 19.1. The smallest absolute Gasteiger partial charge is 0.302 e. The minimum absolute atomic E-state index is 0.109. The lowest BCUT2D eigenvalue weighted by Gasteiger charge is -2.44. The highest BCUT2D eigenvalue weighted by molar-refractivity contribution is 6.76. The highest BCUT2D eigenvalue weighted by Gasteiger charge is 2.59. The van der Waals surface area contributed by atoms with Gasteiger partial charge in [0.1, 0.15) is 55.4 Å². The van der Waals surface area contributed by atoms with Gasteiger partial charge in [0.15, 0.2) is 24.1 Å². The van der Waals surface area contributed by atoms with Gasteiger partial charge >= 0.3 is 5.97 Å². The van der Waals surface area contributed by atoms with Gasteiger partial charge in [0.25, 0.3) is 9.70 Å². The molecule has 13 nitrogen and oxygen atoms in total. The number of carbonyl (C=O) groups excluding carboxylic acids is 2. The van der Waals surface area contributed by atoms with E-state index in [1.165, 1.54) is 6.92 Å². The van der Waals surface area contributed by atoms with Crippen molar-refractivity contribution >= 4 is 46.7 Å². The van der Waals surface area contributed by atoms with Gasteiger partial charge < -0.3 is 52.7 Å². The number of carbonyl (C=O) groups is 2. The molecule has 10 atom stereocenters. The zero-order chi connectivity index (χ0) is 37.3. The topological polar surface area (TPSA) is 138 Å². The summed E-state index contributed by atoms with van der Waals surface area (Å²) in [5.41, 5.74) is 1.80. The van der Waals surface area contributed by atoms with E-state index >= 15 is 0 Å². The fourth-order valence-electron chi connectivity index (χ4n) is 6.72. The normalized spacial score (nSPS) is 33.5. The van der Waals surface area contributed by atoms with Gasteiger partial charge in [-0.25, -0.2) is 0 Å². The number of benzene rings is 2. The number of ether oxygens (including phenoxy) is 10. The molecule has 6 rings (SSSR count). The summed E-state index contributed by atoms with van der Waals surface area (Å²) in [5, 5.41) is 2.66. The Kier molecular flexibility index (Phi) is 12.4. The lowest BCUT2D eigenvalue weighted by molar-refractivity contribution is -0.307. The van der Waals surface area contributed by atoms with Crippen LogP contribution in [0.2, 0.25) is 0 Å². The molecule has 2 aromatic rings. The van der Waals surface area contributed by atoms with E-state index in [9.17, 15) is 9.59 Å². The maximum absolute atomic E-state index is 13.0. The molecule has 0 spiro atoms. The Balaban J connectivity index is 1.25. The molecule has 4 fully saturated rings. The molecule has 1 N–H and O–H groups in total. The van der Waals surface area contributed by atoms with Crippen LogP contribution in [0.1, 0.15) is 45.7 Å². The van der Waals surface area contributed by atoms with Gasteiger partial charge in [-0.3, -0.25) is 9.59 Å². The molecule has 1 amide bonds. The van der Waals surface area contributed by atoms with Crippen molar-refractivity contribution in [1.29, 1.82) is 0 Å². The third-order valence-corrected chi connectivity index (χ3v) is 9.40. The Morgan fingerprint density at radius 3 is 1.69 bits per heavy atom. The first kappa shape index (κ1) is 39.6. The van der Waals surface area contributed by atoms with Crippen LogP contribution in [0.4, 0.5) is 0 Å². The van der Waals surface area contributed by atoms with E-state index < -0.39 is 88.6 Å². The van der Waals surface area contributed by atoms with E-state index in [1.807, 2.05) is 60.7 Å². The predicted octanol–water partition coefficient (Wildman–Crippen LogP) is 4.71. The van der Waals surface area contributed by atoms with Crippen molar-refractivity contribution in [3.63, 3.8) is 0 Å². The maximum atomic E-state index is 13.0. The van der Waals surface area contributed by atoms with Crippen molar-refractivity contribution in [2.45, 2.75) is 125 Å². The highest BCUT2D eigenvalue weighted by atomic mass is 35.6. The molecule has 0 aliphatic carbocycles. The van der Waals surface area contributed by atoms with Crippen LogP contribution in [0.5, 0.6) is 0 Å². The zero-order valence-electron chi connectivity index (χ0n) is 29.4. The van der Waals surface area contributed by atoms with Crippen LogP contribution in [0, 0.1) is 0 Å². The predicted molar refractivity (Wildman–Crippen MR) is 186 cm³/mol. The van der Waals surface area contributed by atoms with Crippen molar-refractivity contribution in [2.24, 2.45) is 0 Å². The maximum Gasteiger partial charge on any atom is 0.302 e. The molecule has 4 heterocycles. The van der Waals surface area contributed by atoms with Crippen molar-refractivity contribution < 1.29 is 57.0 Å². The quantitative estimate of drug-likeness (QED) is 0.236. The average molecular weight is 789 g/mol. The Morgan fingerprint density at radius 1 is 0.692 bits per heavy atom. The number of hydrogen-bond acceptors (Lipinski definition) is 12. The molecule has 0 radical (unpaired) electrons. The number of alkyl halides is 3. The summed E-state index contributed by atoms with van der Waals surface area (Å²) in [6.45, 7) is 8.57. The molecule has 4 aliphatic heterocycles. The second kappa shape index (κ2) is 16.3. The average Bonchev–Trinajstić information content (AvgIpc) is 3.59. The van der Waals surface area contributed by atoms with Gasteiger partial charge in [-0.2, -0.15) is 0 Å². The minimum Gasteiger partial charge on any atom is -0.463 e. The van der Waals surface area contributed by atoms with E-state index in [1.54, 1.807) is 27.7 Å². The van der Waals surface area contributed by atoms with Crippen LogP contribution in [-0.2, 0) is 70.2 Å². The lowest BCUT2D eigenvalue weighted by atomic mass is 9.97. The SMILES string of the molecule is CC(=O)OC[C@H]1O[C@H](OC[C@H]2O[C@H](NC(=O)C(Cl)(Cl)Cl)[C@H](OCc3ccccc3)[C@H]3OC(C)(C)O[C@H]32)[C@H](OCc2ccccc2)[C@H]2OC(C)(C)O[C@H]21. The van der Waals surface area contributed by atoms with Crippen LogP contribution in [0.15, 0.2) is 60.7 Å². The van der Waals surface area contributed by atoms with E-state index in [0.29, 0.717) is 0 Å². The molecular weight excluding hydrogens is 745 g/mol. The number of rotatable bonds is 12. The van der Waals surface area contributed by atoms with E-state index in [0.717, 1.165) is 11.1 Å². The third-order valence-electron chi connectivity index (χ3n) is 8.88. The van der Waals surface area contributed by atoms with E-state index in [2.05, 4.69) is 5.32 Å². The lowest BCUT2D eigenvalue weighted by Crippen LogP contribution is -2.64. The standard InChI is InChI=1S/C36H44Cl3NO12/c1-20(41)43-18-24-26-28(52-35(4,5)50-26)30(45-17-22-14-10-7-11-15-22)32(48-24)46-19-23-25-27(51-34(2,3)49-25)29(44-16-21-12-8-6-9-13-21)31(47-23)40-33(42)36(37,38)39/h6-15,23-32H,16-19H2,1-5H3,(H,40,42)/t23-,24-,25+,26+,27+,28+,29-,30-,31+,32+/m1/s1. The summed E-state index contributed by atoms with van der Waals surface area (Å²) < 4.78 is 60.5. The Bertz CT molecular complexity index is 1510. The molecule has 52 heavy (non-hydrogen) atoms. The number of esters is 1. The van der Waals surface area contributed by atoms with Crippen molar-refractivity contribution in [1.82, 2.24) is 5.32 Å². The van der Waals surface area contributed by atoms with Crippen LogP contribution in [-0.4, -0.2) is 102 Å². The number of nitrogens with one attached hydrogen (secondary N) is 1. The van der Waals surface area contributed by atoms with Gasteiger partial charge in [0.2, 0.25) is 0 Å². The molecule has 0 aromatic heterocycles. The first-order valence-corrected chi connectivity index (χ1v) is 18.2. The molecule has 286 valence electrons. The van der Waals surface area contributed by atoms with E-state index in [4.69, 9.17) is 82.2 Å². The second-order valence-corrected chi connectivity index (χ2v) is 16.2. The largest absolute Gasteiger partial charge is 0.463 e. The van der Waals surface area contributed by atoms with Gasteiger partial charge in [-0.1, -0.05) is 95.5 Å². The fraction of sp³-hybridized carbons (Fsp3) is 0.611.